The van der Waals surface area contributed by atoms with E-state index >= 15 is 0 Å². The number of fused-ring (bicyclic) bond motifs is 7. The number of allylic oxidation sites excluding steroid dienone is 2. The van der Waals surface area contributed by atoms with Gasteiger partial charge in [0.25, 0.3) is 0 Å². The molecular formula is C39H54O5. The van der Waals surface area contributed by atoms with E-state index in [9.17, 15) is 24.9 Å². The van der Waals surface area contributed by atoms with Crippen LogP contribution in [0, 0.1) is 62.6 Å². The van der Waals surface area contributed by atoms with Crippen molar-refractivity contribution in [1.82, 2.24) is 0 Å². The number of aliphatic hydroxyl groups is 1. The molecule has 0 saturated heterocycles. The van der Waals surface area contributed by atoms with Gasteiger partial charge >= 0.3 is 5.97 Å². The SMILES string of the molecule is C=C(C)[C@@H]1CC[C@@]2(C(=O)O)[C@H]1[C@H]1CC[C@@H]3[C@@]4(C)CC[C@H](O)C(C)(C)[C@@H]4CC[C@@]3(C)[C@]1(C)C[C@@H]2C(=O)C=Cc1ccccc1O. The normalized spacial score (nSPS) is 45.9. The van der Waals surface area contributed by atoms with E-state index in [0.29, 0.717) is 30.2 Å². The average Bonchev–Trinajstić information content (AvgIpc) is 3.37. The van der Waals surface area contributed by atoms with Crippen LogP contribution in [-0.4, -0.2) is 33.2 Å². The molecule has 5 saturated carbocycles. The Labute approximate surface area is 264 Å². The van der Waals surface area contributed by atoms with Crippen LogP contribution in [0.3, 0.4) is 0 Å². The lowest BCUT2D eigenvalue weighted by Crippen LogP contribution is -2.68. The summed E-state index contributed by atoms with van der Waals surface area (Å²) in [5, 5.41) is 32.6. The number of carboxylic acids is 1. The lowest BCUT2D eigenvalue weighted by atomic mass is 9.31. The zero-order valence-electron chi connectivity index (χ0n) is 27.7. The van der Waals surface area contributed by atoms with E-state index in [1.165, 1.54) is 0 Å². The third-order valence-corrected chi connectivity index (χ3v) is 15.2. The first-order chi connectivity index (χ1) is 20.6. The van der Waals surface area contributed by atoms with E-state index in [1.807, 2.05) is 6.07 Å². The summed E-state index contributed by atoms with van der Waals surface area (Å²) < 4.78 is 0. The summed E-state index contributed by atoms with van der Waals surface area (Å²) in [6.07, 6.45) is 10.8. The smallest absolute Gasteiger partial charge is 0.310 e. The van der Waals surface area contributed by atoms with Gasteiger partial charge in [-0.25, -0.2) is 0 Å². The van der Waals surface area contributed by atoms with Gasteiger partial charge in [0.2, 0.25) is 0 Å². The van der Waals surface area contributed by atoms with Crippen LogP contribution in [0.25, 0.3) is 6.08 Å². The van der Waals surface area contributed by atoms with Gasteiger partial charge in [-0.2, -0.15) is 0 Å². The number of hydrogen-bond donors (Lipinski definition) is 3. The number of para-hydroxylation sites is 1. The van der Waals surface area contributed by atoms with Crippen LogP contribution in [0.2, 0.25) is 0 Å². The number of aliphatic hydroxyl groups excluding tert-OH is 1. The second-order valence-electron chi connectivity index (χ2n) is 17.0. The van der Waals surface area contributed by atoms with Crippen molar-refractivity contribution in [3.05, 3.63) is 48.1 Å². The Morgan fingerprint density at radius 2 is 1.61 bits per heavy atom. The highest BCUT2D eigenvalue weighted by Gasteiger charge is 2.74. The summed E-state index contributed by atoms with van der Waals surface area (Å²) in [7, 11) is 0. The quantitative estimate of drug-likeness (QED) is 0.233. The summed E-state index contributed by atoms with van der Waals surface area (Å²) in [5.41, 5.74) is 0.185. The molecule has 5 fully saturated rings. The zero-order chi connectivity index (χ0) is 32.0. The van der Waals surface area contributed by atoms with Crippen molar-refractivity contribution >= 4 is 17.8 Å². The number of rotatable bonds is 5. The van der Waals surface area contributed by atoms with Crippen LogP contribution >= 0.6 is 0 Å². The van der Waals surface area contributed by atoms with Crippen LogP contribution in [0.15, 0.2) is 42.5 Å². The number of ketones is 1. The molecular weight excluding hydrogens is 548 g/mol. The largest absolute Gasteiger partial charge is 0.507 e. The van der Waals surface area contributed by atoms with Crippen LogP contribution in [-0.2, 0) is 9.59 Å². The topological polar surface area (TPSA) is 94.8 Å². The molecule has 5 heteroatoms. The number of phenols is 1. The minimum Gasteiger partial charge on any atom is -0.507 e. The number of aliphatic carboxylic acids is 1. The second-order valence-corrected chi connectivity index (χ2v) is 17.0. The number of carbonyl (C=O) groups is 2. The minimum atomic E-state index is -1.12. The highest BCUT2D eigenvalue weighted by atomic mass is 16.4. The van der Waals surface area contributed by atoms with Crippen molar-refractivity contribution in [2.75, 3.05) is 0 Å². The molecule has 0 unspecified atom stereocenters. The van der Waals surface area contributed by atoms with E-state index in [1.54, 1.807) is 30.4 Å². The summed E-state index contributed by atoms with van der Waals surface area (Å²) in [6.45, 7) is 18.4. The molecule has 1 aromatic carbocycles. The number of hydrogen-bond acceptors (Lipinski definition) is 4. The fourth-order valence-electron chi connectivity index (χ4n) is 12.9. The van der Waals surface area contributed by atoms with Crippen molar-refractivity contribution in [1.29, 1.82) is 0 Å². The van der Waals surface area contributed by atoms with E-state index < -0.39 is 17.3 Å². The lowest BCUT2D eigenvalue weighted by molar-refractivity contribution is -0.255. The van der Waals surface area contributed by atoms with Gasteiger partial charge in [0.1, 0.15) is 5.75 Å². The molecule has 5 nitrogen and oxygen atoms in total. The number of carboxylic acid groups (broad SMARTS) is 1. The molecule has 1 aromatic rings. The summed E-state index contributed by atoms with van der Waals surface area (Å²) in [4.78, 5) is 28.0. The molecule has 0 bridgehead atoms. The standard InChI is InChI=1S/C39H54O5/c1-23(2)25-16-21-39(34(43)44)27(29(41)14-12-24-10-8-9-11-28(24)40)22-38(7)26(33(25)39)13-15-31-36(5)19-18-32(42)35(3,4)30(36)17-20-37(31,38)6/h8-12,14,25-27,30-33,40,42H,1,13,15-22H2,2-7H3,(H,43,44)/t25-,26+,27+,30-,31+,32-,33+,36-,37+,38+,39-/m0/s1. The third kappa shape index (κ3) is 4.06. The molecule has 0 aromatic heterocycles. The molecule has 3 N–H and O–H groups in total. The van der Waals surface area contributed by atoms with Gasteiger partial charge in [0.15, 0.2) is 5.78 Å². The van der Waals surface area contributed by atoms with Crippen molar-refractivity contribution in [2.24, 2.45) is 62.6 Å². The van der Waals surface area contributed by atoms with Gasteiger partial charge < -0.3 is 15.3 Å². The molecule has 11 atom stereocenters. The maximum Gasteiger partial charge on any atom is 0.310 e. The second kappa shape index (κ2) is 10.3. The van der Waals surface area contributed by atoms with Crippen LogP contribution in [0.1, 0.15) is 105 Å². The Morgan fingerprint density at radius 3 is 2.27 bits per heavy atom. The number of benzene rings is 1. The van der Waals surface area contributed by atoms with Crippen molar-refractivity contribution in [2.45, 2.75) is 105 Å². The lowest BCUT2D eigenvalue weighted by Gasteiger charge is -2.73. The van der Waals surface area contributed by atoms with Crippen molar-refractivity contribution in [3.8, 4) is 5.75 Å². The molecule has 5 aliphatic carbocycles. The number of carbonyl (C=O) groups excluding carboxylic acids is 1. The Morgan fingerprint density at radius 1 is 0.909 bits per heavy atom. The molecule has 0 spiro atoms. The van der Waals surface area contributed by atoms with Gasteiger partial charge in [-0.3, -0.25) is 9.59 Å². The molecule has 6 rings (SSSR count). The summed E-state index contributed by atoms with van der Waals surface area (Å²) in [6, 6.07) is 6.95. The van der Waals surface area contributed by atoms with E-state index in [-0.39, 0.29) is 57.1 Å². The van der Waals surface area contributed by atoms with Gasteiger partial charge in [0.05, 0.1) is 11.5 Å². The van der Waals surface area contributed by atoms with Crippen LogP contribution in [0.5, 0.6) is 5.75 Å². The number of aromatic hydroxyl groups is 1. The first-order valence-corrected chi connectivity index (χ1v) is 17.1. The van der Waals surface area contributed by atoms with Crippen LogP contribution < -0.4 is 0 Å². The van der Waals surface area contributed by atoms with E-state index in [4.69, 9.17) is 0 Å². The molecule has 240 valence electrons. The molecule has 5 aliphatic rings. The predicted octanol–water partition coefficient (Wildman–Crippen LogP) is 8.30. The first-order valence-electron chi connectivity index (χ1n) is 17.1. The Bertz CT molecular complexity index is 1390. The molecule has 44 heavy (non-hydrogen) atoms. The Hall–Kier alpha value is -2.40. The van der Waals surface area contributed by atoms with E-state index in [2.05, 4.69) is 48.1 Å². The molecule has 0 amide bonds. The van der Waals surface area contributed by atoms with Crippen molar-refractivity contribution < 1.29 is 24.9 Å². The fourth-order valence-corrected chi connectivity index (χ4v) is 12.9. The number of phenolic OH excluding ortho intramolecular Hbond substituents is 1. The van der Waals surface area contributed by atoms with Gasteiger partial charge in [0, 0.05) is 11.5 Å². The minimum absolute atomic E-state index is 0.0492. The molecule has 0 aliphatic heterocycles. The Balaban J connectivity index is 1.47. The first kappa shape index (κ1) is 31.6. The maximum atomic E-state index is 14.4. The summed E-state index contributed by atoms with van der Waals surface area (Å²) >= 11 is 0. The molecule has 0 heterocycles. The summed E-state index contributed by atoms with van der Waals surface area (Å²) in [5.74, 6) is -0.427. The zero-order valence-corrected chi connectivity index (χ0v) is 27.7. The van der Waals surface area contributed by atoms with Crippen LogP contribution in [0.4, 0.5) is 0 Å². The van der Waals surface area contributed by atoms with Gasteiger partial charge in [-0.1, -0.05) is 65.0 Å². The molecule has 0 radical (unpaired) electrons. The Kier molecular flexibility index (Phi) is 7.40. The average molecular weight is 603 g/mol. The maximum absolute atomic E-state index is 14.4. The monoisotopic (exact) mass is 602 g/mol. The van der Waals surface area contributed by atoms with Gasteiger partial charge in [-0.05, 0) is 134 Å². The van der Waals surface area contributed by atoms with E-state index in [0.717, 1.165) is 50.5 Å². The van der Waals surface area contributed by atoms with Crippen molar-refractivity contribution in [3.63, 3.8) is 0 Å². The highest BCUT2D eigenvalue weighted by molar-refractivity contribution is 5.99. The predicted molar refractivity (Wildman–Crippen MR) is 174 cm³/mol. The fraction of sp³-hybridized carbons (Fsp3) is 0.692. The van der Waals surface area contributed by atoms with Gasteiger partial charge in [-0.15, -0.1) is 0 Å². The highest BCUT2D eigenvalue weighted by Crippen LogP contribution is 2.78. The third-order valence-electron chi connectivity index (χ3n) is 15.2.